The fraction of sp³-hybridized carbons (Fsp3) is 0.167. The van der Waals surface area contributed by atoms with Crippen molar-refractivity contribution in [2.24, 2.45) is 0 Å². The van der Waals surface area contributed by atoms with E-state index < -0.39 is 24.6 Å². The summed E-state index contributed by atoms with van der Waals surface area (Å²) in [6.07, 6.45) is -0.831. The minimum atomic E-state index is -0.831. The van der Waals surface area contributed by atoms with E-state index in [-0.39, 0.29) is 0 Å². The zero-order valence-electron chi connectivity index (χ0n) is 13.1. The molecule has 1 amide bonds. The van der Waals surface area contributed by atoms with Crippen LogP contribution in [0.25, 0.3) is 0 Å². The molecule has 0 aliphatic rings. The lowest BCUT2D eigenvalue weighted by molar-refractivity contribution is -0.153. The minimum absolute atomic E-state index is 0.426. The predicted molar refractivity (Wildman–Crippen MR) is 87.3 cm³/mol. The van der Waals surface area contributed by atoms with Gasteiger partial charge in [-0.25, -0.2) is 4.79 Å². The number of nitriles is 1. The highest BCUT2D eigenvalue weighted by Crippen LogP contribution is 2.12. The molecule has 0 unspecified atom stereocenters. The molecular formula is C18H16N2O4. The van der Waals surface area contributed by atoms with Gasteiger partial charge in [0.1, 0.15) is 5.75 Å². The first-order chi connectivity index (χ1) is 11.6. The Morgan fingerprint density at radius 2 is 1.92 bits per heavy atom. The number of carbonyl (C=O) groups is 2. The van der Waals surface area contributed by atoms with Crippen LogP contribution < -0.4 is 10.1 Å². The highest BCUT2D eigenvalue weighted by Gasteiger charge is 2.17. The summed E-state index contributed by atoms with van der Waals surface area (Å²) in [7, 11) is 0. The zero-order valence-corrected chi connectivity index (χ0v) is 13.1. The second-order valence-corrected chi connectivity index (χ2v) is 4.92. The number of ether oxygens (including phenoxy) is 2. The average Bonchev–Trinajstić information content (AvgIpc) is 2.60. The lowest BCUT2D eigenvalue weighted by atomic mass is 10.2. The van der Waals surface area contributed by atoms with E-state index in [9.17, 15) is 9.59 Å². The fourth-order valence-corrected chi connectivity index (χ4v) is 1.87. The fourth-order valence-electron chi connectivity index (χ4n) is 1.87. The Kier molecular flexibility index (Phi) is 5.92. The molecule has 0 bridgehead atoms. The summed E-state index contributed by atoms with van der Waals surface area (Å²) in [5, 5.41) is 11.4. The van der Waals surface area contributed by atoms with Crippen molar-refractivity contribution in [3.63, 3.8) is 0 Å². The van der Waals surface area contributed by atoms with Gasteiger partial charge in [0.05, 0.1) is 11.6 Å². The normalized spacial score (nSPS) is 11.0. The van der Waals surface area contributed by atoms with Gasteiger partial charge in [-0.15, -0.1) is 0 Å². The van der Waals surface area contributed by atoms with E-state index in [0.29, 0.717) is 17.0 Å². The number of benzene rings is 2. The first-order valence-corrected chi connectivity index (χ1v) is 7.27. The van der Waals surface area contributed by atoms with Crippen LogP contribution in [0, 0.1) is 11.3 Å². The lowest BCUT2D eigenvalue weighted by Crippen LogP contribution is -2.29. The molecule has 24 heavy (non-hydrogen) atoms. The molecule has 0 fully saturated rings. The highest BCUT2D eigenvalue weighted by atomic mass is 16.6. The molecule has 1 atom stereocenters. The summed E-state index contributed by atoms with van der Waals surface area (Å²) in [5.41, 5.74) is 0.887. The Labute approximate surface area is 139 Å². The quantitative estimate of drug-likeness (QED) is 0.825. The summed E-state index contributed by atoms with van der Waals surface area (Å²) in [4.78, 5) is 23.6. The van der Waals surface area contributed by atoms with Gasteiger partial charge in [-0.1, -0.05) is 24.3 Å². The number of esters is 1. The topological polar surface area (TPSA) is 88.4 Å². The van der Waals surface area contributed by atoms with E-state index in [4.69, 9.17) is 14.7 Å². The van der Waals surface area contributed by atoms with E-state index >= 15 is 0 Å². The second-order valence-electron chi connectivity index (χ2n) is 4.92. The standard InChI is InChI=1S/C18H16N2O4/c1-13(24-16-8-3-2-4-9-16)18(22)23-12-17(21)20-15-7-5-6-14(10-15)11-19/h2-10,13H,12H2,1H3,(H,20,21)/t13-/m1/s1. The molecule has 0 aliphatic carbocycles. The Balaban J connectivity index is 1.80. The van der Waals surface area contributed by atoms with Crippen LogP contribution in [0.4, 0.5) is 5.69 Å². The molecule has 1 N–H and O–H groups in total. The first kappa shape index (κ1) is 17.0. The van der Waals surface area contributed by atoms with Gasteiger partial charge >= 0.3 is 5.97 Å². The largest absolute Gasteiger partial charge is 0.479 e. The van der Waals surface area contributed by atoms with Gasteiger partial charge in [-0.2, -0.15) is 5.26 Å². The molecule has 0 aliphatic heterocycles. The summed E-state index contributed by atoms with van der Waals surface area (Å²) >= 11 is 0. The Morgan fingerprint density at radius 1 is 1.17 bits per heavy atom. The van der Waals surface area contributed by atoms with Crippen LogP contribution in [0.1, 0.15) is 12.5 Å². The molecule has 0 saturated heterocycles. The highest BCUT2D eigenvalue weighted by molar-refractivity contribution is 5.93. The number of amides is 1. The number of nitrogens with zero attached hydrogens (tertiary/aromatic N) is 1. The van der Waals surface area contributed by atoms with Crippen molar-refractivity contribution in [2.75, 3.05) is 11.9 Å². The molecule has 0 saturated carbocycles. The molecule has 122 valence electrons. The maximum Gasteiger partial charge on any atom is 0.347 e. The molecular weight excluding hydrogens is 308 g/mol. The molecule has 2 rings (SSSR count). The number of anilines is 1. The SMILES string of the molecule is C[C@@H](Oc1ccccc1)C(=O)OCC(=O)Nc1cccc(C#N)c1. The van der Waals surface area contributed by atoms with E-state index in [2.05, 4.69) is 5.32 Å². The van der Waals surface area contributed by atoms with Gasteiger partial charge in [-0.05, 0) is 37.3 Å². The summed E-state index contributed by atoms with van der Waals surface area (Å²) < 4.78 is 10.3. The third kappa shape index (κ3) is 5.14. The van der Waals surface area contributed by atoms with Crippen molar-refractivity contribution >= 4 is 17.6 Å². The Bertz CT molecular complexity index is 753. The van der Waals surface area contributed by atoms with Crippen LogP contribution in [-0.4, -0.2) is 24.6 Å². The van der Waals surface area contributed by atoms with Crippen LogP contribution in [0.5, 0.6) is 5.75 Å². The number of hydrogen-bond acceptors (Lipinski definition) is 5. The lowest BCUT2D eigenvalue weighted by Gasteiger charge is -2.13. The van der Waals surface area contributed by atoms with Crippen molar-refractivity contribution in [1.82, 2.24) is 0 Å². The van der Waals surface area contributed by atoms with Crippen LogP contribution in [0.2, 0.25) is 0 Å². The Morgan fingerprint density at radius 3 is 2.62 bits per heavy atom. The monoisotopic (exact) mass is 324 g/mol. The van der Waals surface area contributed by atoms with Crippen molar-refractivity contribution in [3.05, 3.63) is 60.2 Å². The summed E-state index contributed by atoms with van der Waals surface area (Å²) in [6.45, 7) is 1.11. The van der Waals surface area contributed by atoms with Gasteiger partial charge in [0.15, 0.2) is 12.7 Å². The first-order valence-electron chi connectivity index (χ1n) is 7.27. The molecule has 0 spiro atoms. The van der Waals surface area contributed by atoms with Crippen LogP contribution in [0.3, 0.4) is 0 Å². The van der Waals surface area contributed by atoms with Gasteiger partial charge in [0, 0.05) is 5.69 Å². The third-order valence-corrected chi connectivity index (χ3v) is 3.01. The molecule has 2 aromatic rings. The summed E-state index contributed by atoms with van der Waals surface area (Å²) in [6, 6.07) is 17.3. The van der Waals surface area contributed by atoms with E-state index in [1.807, 2.05) is 12.1 Å². The van der Waals surface area contributed by atoms with Crippen molar-refractivity contribution in [1.29, 1.82) is 5.26 Å². The number of rotatable bonds is 6. The molecule has 2 aromatic carbocycles. The van der Waals surface area contributed by atoms with Crippen molar-refractivity contribution in [3.8, 4) is 11.8 Å². The van der Waals surface area contributed by atoms with Gasteiger partial charge in [-0.3, -0.25) is 4.79 Å². The second kappa shape index (κ2) is 8.34. The average molecular weight is 324 g/mol. The van der Waals surface area contributed by atoms with E-state index in [1.165, 1.54) is 6.07 Å². The number of carbonyl (C=O) groups excluding carboxylic acids is 2. The molecule has 6 heteroatoms. The van der Waals surface area contributed by atoms with E-state index in [1.54, 1.807) is 49.4 Å². The predicted octanol–water partition coefficient (Wildman–Crippen LogP) is 2.51. The van der Waals surface area contributed by atoms with Crippen LogP contribution in [0.15, 0.2) is 54.6 Å². The van der Waals surface area contributed by atoms with Crippen molar-refractivity contribution in [2.45, 2.75) is 13.0 Å². The van der Waals surface area contributed by atoms with Crippen LogP contribution >= 0.6 is 0 Å². The molecule has 0 aromatic heterocycles. The molecule has 0 heterocycles. The summed E-state index contributed by atoms with van der Waals surface area (Å²) in [5.74, 6) is -0.593. The van der Waals surface area contributed by atoms with Gasteiger partial charge in [0.2, 0.25) is 0 Å². The number of nitrogens with one attached hydrogen (secondary N) is 1. The van der Waals surface area contributed by atoms with Crippen LogP contribution in [-0.2, 0) is 14.3 Å². The Hall–Kier alpha value is -3.33. The van der Waals surface area contributed by atoms with Gasteiger partial charge in [0.25, 0.3) is 5.91 Å². The molecule has 6 nitrogen and oxygen atoms in total. The maximum absolute atomic E-state index is 11.8. The van der Waals surface area contributed by atoms with Crippen molar-refractivity contribution < 1.29 is 19.1 Å². The van der Waals surface area contributed by atoms with E-state index in [0.717, 1.165) is 0 Å². The van der Waals surface area contributed by atoms with Gasteiger partial charge < -0.3 is 14.8 Å². The zero-order chi connectivity index (χ0) is 17.4. The number of hydrogen-bond donors (Lipinski definition) is 1. The maximum atomic E-state index is 11.8. The molecule has 0 radical (unpaired) electrons. The number of para-hydroxylation sites is 1. The minimum Gasteiger partial charge on any atom is -0.479 e. The third-order valence-electron chi connectivity index (χ3n) is 3.01. The smallest absolute Gasteiger partial charge is 0.347 e.